The van der Waals surface area contributed by atoms with E-state index in [4.69, 9.17) is 9.26 Å². The molecule has 0 radical (unpaired) electrons. The molecule has 1 atom stereocenters. The molecule has 1 aromatic carbocycles. The minimum atomic E-state index is -0.291. The fraction of sp³-hybridized carbons (Fsp3) is 0.444. The molecule has 134 valence electrons. The maximum absolute atomic E-state index is 12.1. The van der Waals surface area contributed by atoms with E-state index in [0.29, 0.717) is 18.1 Å². The first-order chi connectivity index (χ1) is 12.2. The fourth-order valence-corrected chi connectivity index (χ4v) is 3.14. The van der Waals surface area contributed by atoms with E-state index in [-0.39, 0.29) is 12.1 Å². The molecule has 0 unspecified atom stereocenters. The van der Waals surface area contributed by atoms with Gasteiger partial charge in [0.15, 0.2) is 5.82 Å². The largest absolute Gasteiger partial charge is 0.497 e. The van der Waals surface area contributed by atoms with Crippen LogP contribution < -0.4 is 15.4 Å². The zero-order valence-electron chi connectivity index (χ0n) is 14.6. The second-order valence-electron chi connectivity index (χ2n) is 6.19. The Morgan fingerprint density at radius 3 is 2.84 bits per heavy atom. The van der Waals surface area contributed by atoms with Gasteiger partial charge in [-0.2, -0.15) is 0 Å². The summed E-state index contributed by atoms with van der Waals surface area (Å²) in [6.07, 6.45) is 2.37. The SMILES string of the molecule is COc1cccc([C@@H](CNC(=O)Nc2cc(C)on2)N2CCCC2)c1. The summed E-state index contributed by atoms with van der Waals surface area (Å²) in [4.78, 5) is 14.5. The molecule has 0 saturated carbocycles. The van der Waals surface area contributed by atoms with Crippen LogP contribution in [0, 0.1) is 6.92 Å². The van der Waals surface area contributed by atoms with Gasteiger partial charge in [0.2, 0.25) is 0 Å². The van der Waals surface area contributed by atoms with Gasteiger partial charge in [-0.15, -0.1) is 0 Å². The Morgan fingerprint density at radius 1 is 1.36 bits per heavy atom. The number of nitrogens with zero attached hydrogens (tertiary/aromatic N) is 2. The highest BCUT2D eigenvalue weighted by atomic mass is 16.5. The number of aromatic nitrogens is 1. The second-order valence-corrected chi connectivity index (χ2v) is 6.19. The topological polar surface area (TPSA) is 79.6 Å². The van der Waals surface area contributed by atoms with Crippen molar-refractivity contribution in [3.05, 3.63) is 41.7 Å². The number of amides is 2. The molecule has 25 heavy (non-hydrogen) atoms. The monoisotopic (exact) mass is 344 g/mol. The number of rotatable bonds is 6. The molecule has 1 aliphatic rings. The lowest BCUT2D eigenvalue weighted by atomic mass is 10.1. The molecule has 3 rings (SSSR count). The Labute approximate surface area is 147 Å². The predicted molar refractivity (Wildman–Crippen MR) is 94.8 cm³/mol. The first-order valence-electron chi connectivity index (χ1n) is 8.52. The number of likely N-dealkylation sites (tertiary alicyclic amines) is 1. The molecule has 1 fully saturated rings. The summed E-state index contributed by atoms with van der Waals surface area (Å²) >= 11 is 0. The van der Waals surface area contributed by atoms with Crippen molar-refractivity contribution < 1.29 is 14.1 Å². The van der Waals surface area contributed by atoms with Crippen LogP contribution in [0.4, 0.5) is 10.6 Å². The van der Waals surface area contributed by atoms with E-state index in [0.717, 1.165) is 24.4 Å². The third-order valence-corrected chi connectivity index (χ3v) is 4.39. The van der Waals surface area contributed by atoms with Gasteiger partial charge in [-0.05, 0) is 50.6 Å². The lowest BCUT2D eigenvalue weighted by Gasteiger charge is -2.28. The number of anilines is 1. The number of benzene rings is 1. The summed E-state index contributed by atoms with van der Waals surface area (Å²) in [6, 6.07) is 9.52. The van der Waals surface area contributed by atoms with E-state index in [1.54, 1.807) is 20.1 Å². The molecular weight excluding hydrogens is 320 g/mol. The van der Waals surface area contributed by atoms with Crippen LogP contribution in [-0.4, -0.2) is 42.8 Å². The molecule has 7 nitrogen and oxygen atoms in total. The number of hydrogen-bond donors (Lipinski definition) is 2. The Morgan fingerprint density at radius 2 is 2.16 bits per heavy atom. The maximum Gasteiger partial charge on any atom is 0.320 e. The van der Waals surface area contributed by atoms with Crippen LogP contribution in [0.5, 0.6) is 5.75 Å². The third-order valence-electron chi connectivity index (χ3n) is 4.39. The standard InChI is InChI=1S/C18H24N4O3/c1-13-10-17(21-25-13)20-18(23)19-12-16(22-8-3-4-9-22)14-6-5-7-15(11-14)24-2/h5-7,10-11,16H,3-4,8-9,12H2,1-2H3,(H2,19,20,21,23)/t16-/m1/s1. The van der Waals surface area contributed by atoms with Crippen LogP contribution in [0.1, 0.15) is 30.2 Å². The van der Waals surface area contributed by atoms with Gasteiger partial charge in [0, 0.05) is 12.6 Å². The van der Waals surface area contributed by atoms with E-state index in [1.165, 1.54) is 12.8 Å². The summed E-state index contributed by atoms with van der Waals surface area (Å²) in [5.74, 6) is 1.89. The Balaban J connectivity index is 1.66. The van der Waals surface area contributed by atoms with Crippen LogP contribution >= 0.6 is 0 Å². The van der Waals surface area contributed by atoms with Gasteiger partial charge in [-0.1, -0.05) is 17.3 Å². The fourth-order valence-electron chi connectivity index (χ4n) is 3.14. The smallest absolute Gasteiger partial charge is 0.320 e. The average molecular weight is 344 g/mol. The quantitative estimate of drug-likeness (QED) is 0.842. The molecule has 2 amide bonds. The van der Waals surface area contributed by atoms with Crippen LogP contribution in [0.25, 0.3) is 0 Å². The highest BCUT2D eigenvalue weighted by Crippen LogP contribution is 2.27. The minimum Gasteiger partial charge on any atom is -0.497 e. The van der Waals surface area contributed by atoms with Crippen molar-refractivity contribution in [2.45, 2.75) is 25.8 Å². The molecule has 0 spiro atoms. The molecule has 1 aliphatic heterocycles. The molecule has 0 aliphatic carbocycles. The van der Waals surface area contributed by atoms with E-state index < -0.39 is 0 Å². The number of ether oxygens (including phenoxy) is 1. The lowest BCUT2D eigenvalue weighted by Crippen LogP contribution is -2.38. The van der Waals surface area contributed by atoms with Gasteiger partial charge >= 0.3 is 6.03 Å². The number of carbonyl (C=O) groups excluding carboxylic acids is 1. The summed E-state index contributed by atoms with van der Waals surface area (Å²) in [5.41, 5.74) is 1.14. The third kappa shape index (κ3) is 4.51. The highest BCUT2D eigenvalue weighted by Gasteiger charge is 2.24. The number of aryl methyl sites for hydroxylation is 1. The predicted octanol–water partition coefficient (Wildman–Crippen LogP) is 2.95. The Kier molecular flexibility index (Phi) is 5.55. The zero-order valence-corrected chi connectivity index (χ0v) is 14.6. The van der Waals surface area contributed by atoms with E-state index in [1.807, 2.05) is 18.2 Å². The normalized spacial score (nSPS) is 15.8. The number of methoxy groups -OCH3 is 1. The van der Waals surface area contributed by atoms with Gasteiger partial charge in [0.25, 0.3) is 0 Å². The van der Waals surface area contributed by atoms with Crippen LogP contribution in [0.3, 0.4) is 0 Å². The molecule has 7 heteroatoms. The molecule has 2 N–H and O–H groups in total. The minimum absolute atomic E-state index is 0.113. The maximum atomic E-state index is 12.1. The molecule has 2 aromatic rings. The number of urea groups is 1. The van der Waals surface area contributed by atoms with Gasteiger partial charge in [-0.3, -0.25) is 10.2 Å². The Hall–Kier alpha value is -2.54. The van der Waals surface area contributed by atoms with Crippen molar-refractivity contribution in [2.24, 2.45) is 0 Å². The molecule has 2 heterocycles. The van der Waals surface area contributed by atoms with Gasteiger partial charge < -0.3 is 14.6 Å². The van der Waals surface area contributed by atoms with Crippen LogP contribution in [0.2, 0.25) is 0 Å². The molecule has 1 saturated heterocycles. The zero-order chi connectivity index (χ0) is 17.6. The van der Waals surface area contributed by atoms with Crippen molar-refractivity contribution in [1.29, 1.82) is 0 Å². The van der Waals surface area contributed by atoms with E-state index in [2.05, 4.69) is 26.8 Å². The highest BCUT2D eigenvalue weighted by molar-refractivity contribution is 5.88. The summed E-state index contributed by atoms with van der Waals surface area (Å²) in [5, 5.41) is 9.39. The van der Waals surface area contributed by atoms with E-state index >= 15 is 0 Å². The Bertz CT molecular complexity index is 710. The van der Waals surface area contributed by atoms with Crippen molar-refractivity contribution in [1.82, 2.24) is 15.4 Å². The van der Waals surface area contributed by atoms with Gasteiger partial charge in [-0.25, -0.2) is 4.79 Å². The van der Waals surface area contributed by atoms with Crippen molar-refractivity contribution in [2.75, 3.05) is 32.1 Å². The second kappa shape index (κ2) is 8.02. The molecule has 1 aromatic heterocycles. The van der Waals surface area contributed by atoms with Crippen molar-refractivity contribution in [3.8, 4) is 5.75 Å². The van der Waals surface area contributed by atoms with Crippen molar-refractivity contribution in [3.63, 3.8) is 0 Å². The van der Waals surface area contributed by atoms with Crippen molar-refractivity contribution >= 4 is 11.8 Å². The number of nitrogens with one attached hydrogen (secondary N) is 2. The lowest BCUT2D eigenvalue weighted by molar-refractivity contribution is 0.227. The van der Waals surface area contributed by atoms with Gasteiger partial charge in [0.05, 0.1) is 13.2 Å². The summed E-state index contributed by atoms with van der Waals surface area (Å²) in [7, 11) is 1.66. The summed E-state index contributed by atoms with van der Waals surface area (Å²) in [6.45, 7) is 4.36. The number of carbonyl (C=O) groups is 1. The first-order valence-corrected chi connectivity index (χ1v) is 8.52. The van der Waals surface area contributed by atoms with Crippen LogP contribution in [0.15, 0.2) is 34.9 Å². The number of hydrogen-bond acceptors (Lipinski definition) is 5. The molecule has 0 bridgehead atoms. The van der Waals surface area contributed by atoms with Gasteiger partial charge in [0.1, 0.15) is 11.5 Å². The first kappa shape index (κ1) is 17.3. The average Bonchev–Trinajstić information content (AvgIpc) is 3.27. The van der Waals surface area contributed by atoms with Crippen LogP contribution in [-0.2, 0) is 0 Å². The summed E-state index contributed by atoms with van der Waals surface area (Å²) < 4.78 is 10.3. The van der Waals surface area contributed by atoms with E-state index in [9.17, 15) is 4.79 Å². The molecular formula is C18H24N4O3.